The van der Waals surface area contributed by atoms with Gasteiger partial charge in [0.1, 0.15) is 22.3 Å². The number of para-hydroxylation sites is 2. The monoisotopic (exact) mass is 1360 g/mol. The van der Waals surface area contributed by atoms with Gasteiger partial charge in [0.2, 0.25) is 0 Å². The molecule has 106 heavy (non-hydrogen) atoms. The molecule has 2 heterocycles. The lowest BCUT2D eigenvalue weighted by molar-refractivity contribution is 0.669. The van der Waals surface area contributed by atoms with Crippen LogP contribution in [0.25, 0.3) is 219 Å². The van der Waals surface area contributed by atoms with Crippen LogP contribution < -0.4 is 0 Å². The van der Waals surface area contributed by atoms with Crippen molar-refractivity contribution >= 4 is 130 Å². The normalized spacial score (nSPS) is 13.9. The molecule has 22 aromatic rings. The van der Waals surface area contributed by atoms with Gasteiger partial charge in [0.05, 0.1) is 21.9 Å². The van der Waals surface area contributed by atoms with E-state index in [1.807, 2.05) is 212 Å². The smallest absolute Gasteiger partial charge is 0.143 e. The van der Waals surface area contributed by atoms with Crippen LogP contribution in [0.1, 0.15) is 21.9 Å². The van der Waals surface area contributed by atoms with Gasteiger partial charge in [0, 0.05) is 27.1 Å². The predicted octanol–water partition coefficient (Wildman–Crippen LogP) is 29.7. The molecule has 0 aliphatic rings. The summed E-state index contributed by atoms with van der Waals surface area (Å²) in [4.78, 5) is 0. The SMILES string of the molecule is [2H]c1c([2H])c([2H])c2c(-c3cc(-c4ccc5cc(-c6ccccc6)ccc5c4)cc4oc5ccccc5c34)c3c([2H])c([2H])c([2H])c([2H])c3c(-c3cccc4ccccc34)c2c1[2H].[2H]c1c([2H])c([2H])c2c(-c3ccc(-c4cc(-c5ccccc5)c5ccccc5c4)c4oc5ccccc5c34)c3c([2H])c([2H])c([2H])c([2H])c3c(-c3cccc4ccccc34)c2c1[2H]. The van der Waals surface area contributed by atoms with Gasteiger partial charge in [-0.05, 0) is 224 Å². The van der Waals surface area contributed by atoms with Gasteiger partial charge < -0.3 is 8.83 Å². The van der Waals surface area contributed by atoms with Crippen LogP contribution in [0.3, 0.4) is 0 Å². The second-order valence-corrected chi connectivity index (χ2v) is 26.8. The van der Waals surface area contributed by atoms with Gasteiger partial charge in [-0.3, -0.25) is 0 Å². The third-order valence-electron chi connectivity index (χ3n) is 20.9. The average molecular weight is 1360 g/mol. The lowest BCUT2D eigenvalue weighted by Crippen LogP contribution is -1.92. The zero-order chi connectivity index (χ0) is 83.7. The van der Waals surface area contributed by atoms with E-state index in [1.54, 1.807) is 0 Å². The van der Waals surface area contributed by atoms with Crippen molar-refractivity contribution in [2.75, 3.05) is 0 Å². The third-order valence-corrected chi connectivity index (χ3v) is 20.9. The summed E-state index contributed by atoms with van der Waals surface area (Å²) in [5, 5.41) is 11.6. The Balaban J connectivity index is 0.000000150. The number of fused-ring (bicyclic) bond motifs is 14. The summed E-state index contributed by atoms with van der Waals surface area (Å²) in [6.07, 6.45) is 0. The molecule has 2 aromatic heterocycles. The second kappa shape index (κ2) is 25.0. The molecule has 0 fully saturated rings. The van der Waals surface area contributed by atoms with E-state index in [4.69, 9.17) is 19.8 Å². The molecule has 0 bridgehead atoms. The number of hydrogen-bond donors (Lipinski definition) is 0. The fourth-order valence-electron chi connectivity index (χ4n) is 16.3. The van der Waals surface area contributed by atoms with Gasteiger partial charge in [-0.25, -0.2) is 0 Å². The molecule has 0 N–H and O–H groups in total. The van der Waals surface area contributed by atoms with Crippen molar-refractivity contribution in [1.29, 1.82) is 0 Å². The molecule has 0 spiro atoms. The Labute approximate surface area is 634 Å². The molecule has 0 saturated heterocycles. The Hall–Kier alpha value is -13.9. The lowest BCUT2D eigenvalue weighted by Gasteiger charge is -2.20. The van der Waals surface area contributed by atoms with E-state index >= 15 is 0 Å². The highest BCUT2D eigenvalue weighted by Gasteiger charge is 2.26. The van der Waals surface area contributed by atoms with Crippen molar-refractivity contribution in [1.82, 2.24) is 0 Å². The van der Waals surface area contributed by atoms with E-state index in [-0.39, 0.29) is 103 Å². The Kier molecular flexibility index (Phi) is 11.0. The van der Waals surface area contributed by atoms with Crippen molar-refractivity contribution in [2.45, 2.75) is 0 Å². The third kappa shape index (κ3) is 9.95. The topological polar surface area (TPSA) is 26.3 Å². The summed E-state index contributed by atoms with van der Waals surface area (Å²) >= 11 is 0. The van der Waals surface area contributed by atoms with E-state index in [1.165, 1.54) is 0 Å². The summed E-state index contributed by atoms with van der Waals surface area (Å²) in [5.41, 5.74) is 13.3. The van der Waals surface area contributed by atoms with Crippen LogP contribution in [0.5, 0.6) is 0 Å². The molecule has 0 radical (unpaired) electrons. The zero-order valence-corrected chi connectivity index (χ0v) is 56.5. The summed E-state index contributed by atoms with van der Waals surface area (Å²) < 4.78 is 162. The molecule has 2 heteroatoms. The van der Waals surface area contributed by atoms with Gasteiger partial charge in [-0.15, -0.1) is 0 Å². The first-order chi connectivity index (χ1) is 59.2. The number of furan rings is 2. The average Bonchev–Trinajstić information content (AvgIpc) is 0.985. The Bertz CT molecular complexity index is 8170. The lowest BCUT2D eigenvalue weighted by atomic mass is 9.83. The maximum atomic E-state index is 9.65. The molecule has 0 saturated carbocycles. The predicted molar refractivity (Wildman–Crippen MR) is 451 cm³/mol. The molecule has 0 atom stereocenters. The standard InChI is InChI=1S/2C52H32O/c1-2-15-34(16-3-1)47-32-36(31-35-18-5-7-21-38(35)47)39-29-30-46(51-45-26-12-13-28-48(45)53-52(39)51)50-43-24-10-8-22-41(43)49(42-23-9-11-25-44(42)50)40-27-14-19-33-17-4-6-20-37(33)40;1-2-13-33(14-3-1)35-25-26-37-30-38(28-27-36(37)29-35)39-31-47(52-46-22-10-11-24-48(46)53-49(52)32-39)51-44-20-8-6-18-42(44)50(43-19-7-9-21-45(43)51)41-23-12-16-34-15-4-5-17-40(34)41/h2*1-32H/i8D,9D,10D,11D,22D,23D,24D,25D;6D,7D,8D,9D,18D,19D,20D,21D. The zero-order valence-electron chi connectivity index (χ0n) is 72.5. The first-order valence-electron chi connectivity index (χ1n) is 43.2. The molecule has 0 aliphatic carbocycles. The van der Waals surface area contributed by atoms with Crippen molar-refractivity contribution in [2.24, 2.45) is 0 Å². The maximum Gasteiger partial charge on any atom is 0.143 e. The highest BCUT2D eigenvalue weighted by atomic mass is 16.3. The van der Waals surface area contributed by atoms with Crippen molar-refractivity contribution in [3.05, 3.63) is 388 Å². The molecule has 0 unspecified atom stereocenters. The fraction of sp³-hybridized carbons (Fsp3) is 0. The first kappa shape index (κ1) is 46.6. The maximum absolute atomic E-state index is 9.65. The Morgan fingerprint density at radius 1 is 0.179 bits per heavy atom. The van der Waals surface area contributed by atoms with Gasteiger partial charge in [-0.2, -0.15) is 0 Å². The molecule has 0 amide bonds. The largest absolute Gasteiger partial charge is 0.456 e. The highest BCUT2D eigenvalue weighted by Crippen LogP contribution is 2.53. The molecule has 22 rings (SSSR count). The van der Waals surface area contributed by atoms with Gasteiger partial charge in [-0.1, -0.05) is 333 Å². The number of hydrogen-bond acceptors (Lipinski definition) is 2. The van der Waals surface area contributed by atoms with Crippen LogP contribution >= 0.6 is 0 Å². The summed E-state index contributed by atoms with van der Waals surface area (Å²) in [6, 6.07) is 89.3. The molecular weight excluding hydrogens is 1280 g/mol. The molecule has 0 aliphatic heterocycles. The minimum absolute atomic E-state index is 0.155. The first-order valence-corrected chi connectivity index (χ1v) is 35.2. The van der Waals surface area contributed by atoms with Crippen molar-refractivity contribution in [3.8, 4) is 89.0 Å². The van der Waals surface area contributed by atoms with Crippen LogP contribution in [0.4, 0.5) is 0 Å². The Morgan fingerprint density at radius 2 is 0.557 bits per heavy atom. The van der Waals surface area contributed by atoms with E-state index in [2.05, 4.69) is 78.9 Å². The van der Waals surface area contributed by atoms with E-state index in [9.17, 15) is 11.0 Å². The molecule has 20 aromatic carbocycles. The van der Waals surface area contributed by atoms with Gasteiger partial charge in [0.15, 0.2) is 0 Å². The minimum atomic E-state index is -0.448. The van der Waals surface area contributed by atoms with E-state index in [0.29, 0.717) is 66.5 Å². The van der Waals surface area contributed by atoms with Crippen LogP contribution in [-0.4, -0.2) is 0 Å². The number of rotatable bonds is 8. The van der Waals surface area contributed by atoms with E-state index < -0.39 is 48.3 Å². The summed E-state index contributed by atoms with van der Waals surface area (Å²) in [5.74, 6) is 0. The fourth-order valence-corrected chi connectivity index (χ4v) is 16.3. The highest BCUT2D eigenvalue weighted by molar-refractivity contribution is 6.30. The van der Waals surface area contributed by atoms with Crippen molar-refractivity contribution < 1.29 is 30.8 Å². The summed E-state index contributed by atoms with van der Waals surface area (Å²) in [7, 11) is 0. The molecule has 2 nitrogen and oxygen atoms in total. The van der Waals surface area contributed by atoms with Gasteiger partial charge >= 0.3 is 0 Å². The second-order valence-electron chi connectivity index (χ2n) is 26.8. The van der Waals surface area contributed by atoms with Crippen LogP contribution in [0, 0.1) is 0 Å². The van der Waals surface area contributed by atoms with Crippen molar-refractivity contribution in [3.63, 3.8) is 0 Å². The van der Waals surface area contributed by atoms with Gasteiger partial charge in [0.25, 0.3) is 0 Å². The molecule has 492 valence electrons. The van der Waals surface area contributed by atoms with Crippen LogP contribution in [-0.2, 0) is 0 Å². The Morgan fingerprint density at radius 3 is 1.08 bits per heavy atom. The minimum Gasteiger partial charge on any atom is -0.456 e. The number of benzene rings is 20. The quantitative estimate of drug-likeness (QED) is 0.142. The summed E-state index contributed by atoms with van der Waals surface area (Å²) in [6.45, 7) is 0. The van der Waals surface area contributed by atoms with Crippen LogP contribution in [0.15, 0.2) is 397 Å². The van der Waals surface area contributed by atoms with Crippen LogP contribution in [0.2, 0.25) is 0 Å². The molecular formula is C104H64O2. The van der Waals surface area contributed by atoms with E-state index in [0.717, 1.165) is 98.4 Å².